The molecule has 0 saturated carbocycles. The van der Waals surface area contributed by atoms with Gasteiger partial charge in [0.15, 0.2) is 0 Å². The molecule has 1 atom stereocenters. The molecule has 1 unspecified atom stereocenters. The highest BCUT2D eigenvalue weighted by atomic mass is 19.1. The third kappa shape index (κ3) is 2.37. The second-order valence-corrected chi connectivity index (χ2v) is 3.09. The van der Waals surface area contributed by atoms with Crippen molar-refractivity contribution in [3.8, 4) is 0 Å². The third-order valence-electron chi connectivity index (χ3n) is 2.04. The molecule has 0 spiro atoms. The Morgan fingerprint density at radius 3 is 2.86 bits per heavy atom. The average molecular weight is 194 g/mol. The van der Waals surface area contributed by atoms with Gasteiger partial charge in [0.1, 0.15) is 6.17 Å². The maximum atomic E-state index is 13.0. The maximum absolute atomic E-state index is 13.0. The van der Waals surface area contributed by atoms with E-state index in [4.69, 9.17) is 0 Å². The van der Waals surface area contributed by atoms with Crippen molar-refractivity contribution in [2.24, 2.45) is 4.99 Å². The lowest BCUT2D eigenvalue weighted by Gasteiger charge is -2.06. The summed E-state index contributed by atoms with van der Waals surface area (Å²) in [7, 11) is 0. The largest absolute Gasteiger partial charge is 0.261 e. The molecule has 0 amide bonds. The van der Waals surface area contributed by atoms with E-state index in [1.807, 2.05) is 13.8 Å². The van der Waals surface area contributed by atoms with Crippen molar-refractivity contribution in [2.75, 3.05) is 0 Å². The van der Waals surface area contributed by atoms with E-state index < -0.39 is 6.17 Å². The van der Waals surface area contributed by atoms with Gasteiger partial charge in [0.2, 0.25) is 0 Å². The van der Waals surface area contributed by atoms with Gasteiger partial charge in [-0.2, -0.15) is 0 Å². The first kappa shape index (κ1) is 10.8. The normalized spacial score (nSPS) is 13.4. The first-order valence-electron chi connectivity index (χ1n) is 4.80. The molecule has 0 aliphatic rings. The van der Waals surface area contributed by atoms with Gasteiger partial charge in [-0.15, -0.1) is 0 Å². The first-order chi connectivity index (χ1) is 6.69. The van der Waals surface area contributed by atoms with Crippen LogP contribution in [0.1, 0.15) is 38.2 Å². The predicted octanol–water partition coefficient (Wildman–Crippen LogP) is 3.40. The lowest BCUT2D eigenvalue weighted by atomic mass is 10.1. The summed E-state index contributed by atoms with van der Waals surface area (Å²) in [4.78, 5) is 8.23. The second kappa shape index (κ2) is 4.84. The lowest BCUT2D eigenvalue weighted by molar-refractivity contribution is 0.366. The Bertz CT molecular complexity index is 332. The fraction of sp³-hybridized carbons (Fsp3) is 0.455. The van der Waals surface area contributed by atoms with Crippen LogP contribution in [0.3, 0.4) is 0 Å². The number of halogens is 1. The zero-order chi connectivity index (χ0) is 10.6. The zero-order valence-corrected chi connectivity index (χ0v) is 8.79. The van der Waals surface area contributed by atoms with Gasteiger partial charge < -0.3 is 0 Å². The minimum atomic E-state index is -1.04. The molecule has 0 bridgehead atoms. The predicted molar refractivity (Wildman–Crippen MR) is 57.0 cm³/mol. The van der Waals surface area contributed by atoms with E-state index in [1.165, 1.54) is 6.92 Å². The van der Waals surface area contributed by atoms with Crippen LogP contribution in [-0.4, -0.2) is 11.2 Å². The van der Waals surface area contributed by atoms with Crippen molar-refractivity contribution >= 4 is 11.9 Å². The summed E-state index contributed by atoms with van der Waals surface area (Å²) in [5.41, 5.74) is 2.32. The summed E-state index contributed by atoms with van der Waals surface area (Å²) >= 11 is 0. The average Bonchev–Trinajstić information content (AvgIpc) is 2.18. The van der Waals surface area contributed by atoms with Gasteiger partial charge in [0, 0.05) is 12.4 Å². The molecular weight excluding hydrogens is 179 g/mol. The van der Waals surface area contributed by atoms with Crippen LogP contribution in [0.15, 0.2) is 17.3 Å². The van der Waals surface area contributed by atoms with Gasteiger partial charge in [-0.1, -0.05) is 6.92 Å². The smallest absolute Gasteiger partial charge is 0.139 e. The Balaban J connectivity index is 3.13. The summed E-state index contributed by atoms with van der Waals surface area (Å²) in [6.45, 7) is 5.36. The molecule has 1 aromatic heterocycles. The Kier molecular flexibility index (Phi) is 3.74. The van der Waals surface area contributed by atoms with Crippen molar-refractivity contribution in [3.63, 3.8) is 0 Å². The van der Waals surface area contributed by atoms with Crippen molar-refractivity contribution < 1.29 is 4.39 Å². The number of pyridine rings is 1. The molecule has 0 saturated heterocycles. The highest BCUT2D eigenvalue weighted by molar-refractivity contribution is 5.62. The molecular formula is C11H15FN2. The van der Waals surface area contributed by atoms with Gasteiger partial charge >= 0.3 is 0 Å². The number of hydrogen-bond donors (Lipinski definition) is 0. The van der Waals surface area contributed by atoms with Gasteiger partial charge in [-0.25, -0.2) is 4.39 Å². The van der Waals surface area contributed by atoms with Crippen LogP contribution in [0, 0.1) is 0 Å². The highest BCUT2D eigenvalue weighted by Crippen LogP contribution is 2.23. The standard InChI is InChI=1S/C11H15FN2/c1-4-9-7-14-10(8(3)12)6-11(9)13-5-2/h5-8H,4H2,1-3H3. The SMILES string of the molecule is CC=Nc1cc(C(C)F)ncc1CC. The maximum Gasteiger partial charge on any atom is 0.139 e. The fourth-order valence-electron chi connectivity index (χ4n) is 1.24. The van der Waals surface area contributed by atoms with E-state index in [-0.39, 0.29) is 0 Å². The summed E-state index contributed by atoms with van der Waals surface area (Å²) in [5, 5.41) is 0. The highest BCUT2D eigenvalue weighted by Gasteiger charge is 2.07. The number of aromatic nitrogens is 1. The fourth-order valence-corrected chi connectivity index (χ4v) is 1.24. The van der Waals surface area contributed by atoms with E-state index in [0.29, 0.717) is 5.69 Å². The minimum Gasteiger partial charge on any atom is -0.261 e. The summed E-state index contributed by atoms with van der Waals surface area (Å²) in [6, 6.07) is 1.71. The van der Waals surface area contributed by atoms with Crippen molar-refractivity contribution in [3.05, 3.63) is 23.5 Å². The van der Waals surface area contributed by atoms with Crippen LogP contribution >= 0.6 is 0 Å². The van der Waals surface area contributed by atoms with Gasteiger partial charge in [0.05, 0.1) is 11.4 Å². The molecule has 76 valence electrons. The summed E-state index contributed by atoms with van der Waals surface area (Å²) in [5.74, 6) is 0. The molecule has 3 heteroatoms. The number of aryl methyl sites for hydroxylation is 1. The van der Waals surface area contributed by atoms with Crippen LogP contribution in [-0.2, 0) is 6.42 Å². The van der Waals surface area contributed by atoms with Crippen LogP contribution in [0.2, 0.25) is 0 Å². The van der Waals surface area contributed by atoms with Crippen LogP contribution < -0.4 is 0 Å². The topological polar surface area (TPSA) is 25.2 Å². The Morgan fingerprint density at radius 2 is 2.36 bits per heavy atom. The van der Waals surface area contributed by atoms with Crippen LogP contribution in [0.25, 0.3) is 0 Å². The lowest BCUT2D eigenvalue weighted by Crippen LogP contribution is -1.93. The number of hydrogen-bond acceptors (Lipinski definition) is 2. The van der Waals surface area contributed by atoms with Gasteiger partial charge in [-0.3, -0.25) is 9.98 Å². The molecule has 0 aliphatic carbocycles. The molecule has 14 heavy (non-hydrogen) atoms. The van der Waals surface area contributed by atoms with E-state index in [1.54, 1.807) is 18.5 Å². The number of nitrogens with zero attached hydrogens (tertiary/aromatic N) is 2. The number of rotatable bonds is 3. The monoisotopic (exact) mass is 194 g/mol. The van der Waals surface area contributed by atoms with Crippen LogP contribution in [0.4, 0.5) is 10.1 Å². The molecule has 0 aromatic carbocycles. The van der Waals surface area contributed by atoms with E-state index in [0.717, 1.165) is 17.7 Å². The van der Waals surface area contributed by atoms with E-state index in [9.17, 15) is 4.39 Å². The Morgan fingerprint density at radius 1 is 1.64 bits per heavy atom. The number of aliphatic imine (C=N–C) groups is 1. The molecule has 0 N–H and O–H groups in total. The van der Waals surface area contributed by atoms with Gasteiger partial charge in [-0.05, 0) is 31.9 Å². The minimum absolute atomic E-state index is 0.447. The third-order valence-corrected chi connectivity index (χ3v) is 2.04. The van der Waals surface area contributed by atoms with Crippen molar-refractivity contribution in [2.45, 2.75) is 33.4 Å². The van der Waals surface area contributed by atoms with Crippen molar-refractivity contribution in [1.82, 2.24) is 4.98 Å². The Hall–Kier alpha value is -1.25. The zero-order valence-electron chi connectivity index (χ0n) is 8.79. The molecule has 1 heterocycles. The quantitative estimate of drug-likeness (QED) is 0.677. The van der Waals surface area contributed by atoms with Crippen LogP contribution in [0.5, 0.6) is 0 Å². The molecule has 0 fully saturated rings. The summed E-state index contributed by atoms with van der Waals surface area (Å²) < 4.78 is 13.0. The molecule has 0 aliphatic heterocycles. The summed E-state index contributed by atoms with van der Waals surface area (Å²) in [6.07, 6.45) is 3.24. The first-order valence-corrected chi connectivity index (χ1v) is 4.80. The molecule has 0 radical (unpaired) electrons. The van der Waals surface area contributed by atoms with Gasteiger partial charge in [0.25, 0.3) is 0 Å². The molecule has 1 aromatic rings. The van der Waals surface area contributed by atoms with E-state index >= 15 is 0 Å². The Labute approximate surface area is 83.9 Å². The molecule has 1 rings (SSSR count). The van der Waals surface area contributed by atoms with E-state index in [2.05, 4.69) is 9.98 Å². The molecule has 2 nitrogen and oxygen atoms in total. The number of alkyl halides is 1. The van der Waals surface area contributed by atoms with Crippen molar-refractivity contribution in [1.29, 1.82) is 0 Å². The second-order valence-electron chi connectivity index (χ2n) is 3.09.